The third-order valence-corrected chi connectivity index (χ3v) is 7.81. The van der Waals surface area contributed by atoms with Gasteiger partial charge < -0.3 is 10.2 Å². The van der Waals surface area contributed by atoms with E-state index in [2.05, 4.69) is 21.2 Å². The first kappa shape index (κ1) is 31.6. The van der Waals surface area contributed by atoms with Crippen LogP contribution < -0.4 is 9.62 Å². The van der Waals surface area contributed by atoms with Crippen molar-refractivity contribution < 1.29 is 22.4 Å². The summed E-state index contributed by atoms with van der Waals surface area (Å²) in [6, 6.07) is 19.0. The van der Waals surface area contributed by atoms with Gasteiger partial charge in [-0.15, -0.1) is 0 Å². The SMILES string of the molecule is CC(C)(C)NC(=O)C(Cc1ccccc1)N(Cc1cccc(Br)c1)C(=O)CN(c1ccc(F)c(Cl)c1)S(C)(=O)=O. The van der Waals surface area contributed by atoms with Gasteiger partial charge in [0.2, 0.25) is 21.8 Å². The zero-order valence-electron chi connectivity index (χ0n) is 22.7. The lowest BCUT2D eigenvalue weighted by molar-refractivity contribution is -0.140. The van der Waals surface area contributed by atoms with E-state index in [1.165, 1.54) is 11.0 Å². The maximum atomic E-state index is 14.0. The van der Waals surface area contributed by atoms with Gasteiger partial charge in [0, 0.05) is 23.0 Å². The van der Waals surface area contributed by atoms with Crippen molar-refractivity contribution in [2.75, 3.05) is 17.1 Å². The van der Waals surface area contributed by atoms with Crippen molar-refractivity contribution in [3.05, 3.63) is 99.2 Å². The average molecular weight is 653 g/mol. The Balaban J connectivity index is 2.09. The van der Waals surface area contributed by atoms with Gasteiger partial charge in [0.05, 0.1) is 17.0 Å². The fourth-order valence-corrected chi connectivity index (χ4v) is 5.56. The number of halogens is 3. The van der Waals surface area contributed by atoms with Crippen LogP contribution >= 0.6 is 27.5 Å². The third kappa shape index (κ3) is 9.04. The fraction of sp³-hybridized carbons (Fsp3) is 0.310. The van der Waals surface area contributed by atoms with E-state index in [1.54, 1.807) is 0 Å². The predicted molar refractivity (Wildman–Crippen MR) is 160 cm³/mol. The third-order valence-electron chi connectivity index (χ3n) is 5.88. The summed E-state index contributed by atoms with van der Waals surface area (Å²) in [6.45, 7) is 4.94. The molecule has 0 fully saturated rings. The van der Waals surface area contributed by atoms with Crippen LogP contribution in [0.25, 0.3) is 0 Å². The lowest BCUT2D eigenvalue weighted by atomic mass is 10.0. The highest BCUT2D eigenvalue weighted by atomic mass is 79.9. The minimum absolute atomic E-state index is 0.0309. The number of carbonyl (C=O) groups is 2. The standard InChI is InChI=1S/C29H32BrClFN3O4S/c1-29(2,3)33-28(37)26(16-20-9-6-5-7-10-20)34(18-21-11-8-12-22(30)15-21)27(36)19-35(40(4,38)39)23-13-14-25(32)24(31)17-23/h5-15,17,26H,16,18-19H2,1-4H3,(H,33,37). The van der Waals surface area contributed by atoms with Crippen molar-refractivity contribution in [1.82, 2.24) is 10.2 Å². The minimum Gasteiger partial charge on any atom is -0.350 e. The van der Waals surface area contributed by atoms with Crippen molar-refractivity contribution in [3.8, 4) is 0 Å². The van der Waals surface area contributed by atoms with E-state index in [0.29, 0.717) is 0 Å². The van der Waals surface area contributed by atoms with Gasteiger partial charge in [-0.3, -0.25) is 13.9 Å². The van der Waals surface area contributed by atoms with E-state index in [-0.39, 0.29) is 29.6 Å². The minimum atomic E-state index is -3.99. The van der Waals surface area contributed by atoms with Crippen LogP contribution in [0.5, 0.6) is 0 Å². The van der Waals surface area contributed by atoms with Crippen LogP contribution in [0.3, 0.4) is 0 Å². The lowest BCUT2D eigenvalue weighted by Crippen LogP contribution is -2.56. The van der Waals surface area contributed by atoms with Gasteiger partial charge >= 0.3 is 0 Å². The summed E-state index contributed by atoms with van der Waals surface area (Å²) in [7, 11) is -3.99. The van der Waals surface area contributed by atoms with Crippen LogP contribution in [0.1, 0.15) is 31.9 Å². The number of carbonyl (C=O) groups excluding carboxylic acids is 2. The number of amides is 2. The molecular formula is C29H32BrClFN3O4S. The lowest BCUT2D eigenvalue weighted by Gasteiger charge is -2.35. The topological polar surface area (TPSA) is 86.8 Å². The highest BCUT2D eigenvalue weighted by Gasteiger charge is 2.34. The van der Waals surface area contributed by atoms with Crippen molar-refractivity contribution in [1.29, 1.82) is 0 Å². The molecule has 0 aliphatic rings. The Bertz CT molecular complexity index is 1470. The molecule has 40 heavy (non-hydrogen) atoms. The molecule has 7 nitrogen and oxygen atoms in total. The molecule has 1 N–H and O–H groups in total. The molecule has 0 saturated heterocycles. The van der Waals surface area contributed by atoms with Gasteiger partial charge in [0.25, 0.3) is 0 Å². The van der Waals surface area contributed by atoms with E-state index < -0.39 is 39.9 Å². The Labute approximate surface area is 248 Å². The smallest absolute Gasteiger partial charge is 0.244 e. The van der Waals surface area contributed by atoms with Crippen molar-refractivity contribution in [2.24, 2.45) is 0 Å². The summed E-state index contributed by atoms with van der Waals surface area (Å²) < 4.78 is 41.1. The predicted octanol–water partition coefficient (Wildman–Crippen LogP) is 5.56. The van der Waals surface area contributed by atoms with E-state index in [4.69, 9.17) is 11.6 Å². The Morgan fingerprint density at radius 1 is 1.00 bits per heavy atom. The molecule has 11 heteroatoms. The number of anilines is 1. The number of hydrogen-bond donors (Lipinski definition) is 1. The zero-order valence-corrected chi connectivity index (χ0v) is 25.9. The summed E-state index contributed by atoms with van der Waals surface area (Å²) in [5.41, 5.74) is 1.01. The highest BCUT2D eigenvalue weighted by Crippen LogP contribution is 2.25. The highest BCUT2D eigenvalue weighted by molar-refractivity contribution is 9.10. The molecule has 1 atom stereocenters. The molecule has 0 spiro atoms. The molecule has 0 aliphatic heterocycles. The molecule has 0 aromatic heterocycles. The van der Waals surface area contributed by atoms with Crippen LogP contribution in [0, 0.1) is 5.82 Å². The summed E-state index contributed by atoms with van der Waals surface area (Å²) in [4.78, 5) is 29.1. The molecule has 0 saturated carbocycles. The molecule has 3 rings (SSSR count). The van der Waals surface area contributed by atoms with Crippen molar-refractivity contribution in [2.45, 2.75) is 45.3 Å². The first-order valence-electron chi connectivity index (χ1n) is 12.5. The number of nitrogens with zero attached hydrogens (tertiary/aromatic N) is 2. The molecule has 0 bridgehead atoms. The van der Waals surface area contributed by atoms with Crippen LogP contribution in [0.4, 0.5) is 10.1 Å². The molecule has 2 amide bonds. The Morgan fingerprint density at radius 3 is 2.23 bits per heavy atom. The van der Waals surface area contributed by atoms with Gasteiger partial charge in [-0.1, -0.05) is 70.0 Å². The number of rotatable bonds is 10. The first-order valence-corrected chi connectivity index (χ1v) is 15.5. The maximum absolute atomic E-state index is 14.0. The number of sulfonamides is 1. The average Bonchev–Trinajstić information content (AvgIpc) is 2.85. The van der Waals surface area contributed by atoms with Gasteiger partial charge in [0.1, 0.15) is 18.4 Å². The molecule has 0 aliphatic carbocycles. The maximum Gasteiger partial charge on any atom is 0.244 e. The second kappa shape index (κ2) is 13.1. The number of nitrogens with one attached hydrogen (secondary N) is 1. The van der Waals surface area contributed by atoms with Gasteiger partial charge in [0.15, 0.2) is 0 Å². The van der Waals surface area contributed by atoms with Crippen molar-refractivity contribution in [3.63, 3.8) is 0 Å². The van der Waals surface area contributed by atoms with Crippen LogP contribution in [-0.2, 0) is 32.6 Å². The Morgan fingerprint density at radius 2 is 1.65 bits per heavy atom. The van der Waals surface area contributed by atoms with Crippen LogP contribution in [-0.4, -0.2) is 49.5 Å². The molecule has 3 aromatic carbocycles. The largest absolute Gasteiger partial charge is 0.350 e. The summed E-state index contributed by atoms with van der Waals surface area (Å²) >= 11 is 9.37. The molecule has 1 unspecified atom stereocenters. The van der Waals surface area contributed by atoms with Crippen molar-refractivity contribution >= 4 is 55.1 Å². The van der Waals surface area contributed by atoms with Gasteiger partial charge in [-0.05, 0) is 62.2 Å². The number of benzene rings is 3. The van der Waals surface area contributed by atoms with E-state index in [0.717, 1.165) is 38.3 Å². The van der Waals surface area contributed by atoms with Crippen LogP contribution in [0.15, 0.2) is 77.3 Å². The summed E-state index contributed by atoms with van der Waals surface area (Å²) in [6.07, 6.45) is 1.15. The van der Waals surface area contributed by atoms with Crippen LogP contribution in [0.2, 0.25) is 5.02 Å². The molecule has 0 heterocycles. The summed E-state index contributed by atoms with van der Waals surface area (Å²) in [5, 5.41) is 2.69. The monoisotopic (exact) mass is 651 g/mol. The molecule has 0 radical (unpaired) electrons. The zero-order chi connectivity index (χ0) is 29.7. The molecule has 3 aromatic rings. The second-order valence-electron chi connectivity index (χ2n) is 10.5. The normalized spacial score (nSPS) is 12.5. The second-order valence-corrected chi connectivity index (χ2v) is 13.7. The van der Waals surface area contributed by atoms with E-state index in [9.17, 15) is 22.4 Å². The molecule has 214 valence electrons. The summed E-state index contributed by atoms with van der Waals surface area (Å²) in [5.74, 6) is -1.71. The molecular weight excluding hydrogens is 621 g/mol. The Hall–Kier alpha value is -2.95. The first-order chi connectivity index (χ1) is 18.6. The number of hydrogen-bond acceptors (Lipinski definition) is 4. The quantitative estimate of drug-likeness (QED) is 0.311. The van der Waals surface area contributed by atoms with E-state index in [1.807, 2.05) is 75.4 Å². The van der Waals surface area contributed by atoms with E-state index >= 15 is 0 Å². The van der Waals surface area contributed by atoms with Gasteiger partial charge in [-0.2, -0.15) is 0 Å². The van der Waals surface area contributed by atoms with Gasteiger partial charge in [-0.25, -0.2) is 12.8 Å². The fourth-order valence-electron chi connectivity index (χ4n) is 4.09. The Kier molecular flexibility index (Phi) is 10.4.